The second-order valence-electron chi connectivity index (χ2n) is 3.74. The van der Waals surface area contributed by atoms with E-state index in [-0.39, 0.29) is 0 Å². The van der Waals surface area contributed by atoms with Crippen LogP contribution in [0.3, 0.4) is 0 Å². The molecule has 1 rings (SSSR count). The molecule has 0 saturated carbocycles. The molecule has 1 N–H and O–H groups in total. The van der Waals surface area contributed by atoms with Crippen LogP contribution < -0.4 is 5.43 Å². The van der Waals surface area contributed by atoms with Crippen molar-refractivity contribution in [3.63, 3.8) is 0 Å². The lowest BCUT2D eigenvalue weighted by atomic mass is 10.3. The van der Waals surface area contributed by atoms with Gasteiger partial charge in [-0.1, -0.05) is 18.2 Å². The predicted octanol–water partition coefficient (Wildman–Crippen LogP) is 2.43. The molecule has 0 aliphatic carbocycles. The van der Waals surface area contributed by atoms with Crippen LogP contribution in [0, 0.1) is 0 Å². The summed E-state index contributed by atoms with van der Waals surface area (Å²) in [4.78, 5) is 2.18. The molecule has 1 aromatic carbocycles. The van der Waals surface area contributed by atoms with Gasteiger partial charge in [-0.3, -0.25) is 5.43 Å². The highest BCUT2D eigenvalue weighted by molar-refractivity contribution is 5.59. The Balaban J connectivity index is 2.12. The second kappa shape index (κ2) is 7.01. The summed E-state index contributed by atoms with van der Waals surface area (Å²) in [6, 6.07) is 9.97. The Morgan fingerprint density at radius 2 is 2.00 bits per heavy atom. The zero-order chi connectivity index (χ0) is 10.9. The summed E-state index contributed by atoms with van der Waals surface area (Å²) in [6.45, 7) is 1.11. The number of hydrogen-bond donors (Lipinski definition) is 1. The molecule has 3 nitrogen and oxygen atoms in total. The molecule has 15 heavy (non-hydrogen) atoms. The first-order chi connectivity index (χ1) is 7.29. The Hall–Kier alpha value is -1.35. The number of benzene rings is 1. The van der Waals surface area contributed by atoms with Gasteiger partial charge in [0.2, 0.25) is 0 Å². The molecule has 82 valence electrons. The fourth-order valence-corrected chi connectivity index (χ4v) is 1.20. The summed E-state index contributed by atoms with van der Waals surface area (Å²) >= 11 is 0. The van der Waals surface area contributed by atoms with E-state index in [0.29, 0.717) is 0 Å². The van der Waals surface area contributed by atoms with Crippen molar-refractivity contribution in [2.75, 3.05) is 26.1 Å². The van der Waals surface area contributed by atoms with Gasteiger partial charge in [-0.2, -0.15) is 5.10 Å². The minimum absolute atomic E-state index is 1.01. The topological polar surface area (TPSA) is 27.6 Å². The summed E-state index contributed by atoms with van der Waals surface area (Å²) in [7, 11) is 4.17. The fraction of sp³-hybridized carbons (Fsp3) is 0.417. The number of hydrazone groups is 1. The van der Waals surface area contributed by atoms with Crippen molar-refractivity contribution in [1.82, 2.24) is 4.90 Å². The maximum absolute atomic E-state index is 4.14. The van der Waals surface area contributed by atoms with Gasteiger partial charge in [-0.05, 0) is 45.6 Å². The van der Waals surface area contributed by atoms with Crippen molar-refractivity contribution in [1.29, 1.82) is 0 Å². The van der Waals surface area contributed by atoms with Crippen LogP contribution >= 0.6 is 0 Å². The standard InChI is InChI=1S/C12H19N3/c1-15(2)11-7-6-10-13-14-12-8-4-3-5-9-12/h3-5,8-10,14H,6-7,11H2,1-2H3. The van der Waals surface area contributed by atoms with E-state index >= 15 is 0 Å². The summed E-state index contributed by atoms with van der Waals surface area (Å²) in [6.07, 6.45) is 4.08. The minimum atomic E-state index is 1.01. The first kappa shape index (κ1) is 11.7. The average molecular weight is 205 g/mol. The van der Waals surface area contributed by atoms with Gasteiger partial charge in [0.1, 0.15) is 0 Å². The number of para-hydroxylation sites is 1. The van der Waals surface area contributed by atoms with Gasteiger partial charge in [-0.25, -0.2) is 0 Å². The molecule has 0 bridgehead atoms. The molecule has 0 saturated heterocycles. The van der Waals surface area contributed by atoms with Crippen molar-refractivity contribution < 1.29 is 0 Å². The number of nitrogens with one attached hydrogen (secondary N) is 1. The molecule has 0 heterocycles. The van der Waals surface area contributed by atoms with Gasteiger partial charge in [0.25, 0.3) is 0 Å². The molecule has 0 radical (unpaired) electrons. The van der Waals surface area contributed by atoms with Crippen molar-refractivity contribution in [2.45, 2.75) is 12.8 Å². The number of anilines is 1. The van der Waals surface area contributed by atoms with E-state index in [1.807, 2.05) is 36.5 Å². The Morgan fingerprint density at radius 3 is 2.67 bits per heavy atom. The third-order valence-corrected chi connectivity index (χ3v) is 2.00. The van der Waals surface area contributed by atoms with Crippen molar-refractivity contribution in [3.05, 3.63) is 30.3 Å². The highest BCUT2D eigenvalue weighted by Crippen LogP contribution is 2.03. The Kier molecular flexibility index (Phi) is 5.48. The molecule has 0 spiro atoms. The molecule has 0 amide bonds. The summed E-state index contributed by atoms with van der Waals surface area (Å²) in [5.41, 5.74) is 4.02. The van der Waals surface area contributed by atoms with Crippen LogP contribution in [-0.4, -0.2) is 31.8 Å². The molecule has 0 aliphatic heterocycles. The monoisotopic (exact) mass is 205 g/mol. The highest BCUT2D eigenvalue weighted by Gasteiger charge is 1.88. The molecule has 0 aliphatic rings. The van der Waals surface area contributed by atoms with Crippen LogP contribution in [0.1, 0.15) is 12.8 Å². The number of rotatable bonds is 6. The minimum Gasteiger partial charge on any atom is -0.309 e. The molecule has 0 fully saturated rings. The van der Waals surface area contributed by atoms with E-state index in [0.717, 1.165) is 25.1 Å². The smallest absolute Gasteiger partial charge is 0.0561 e. The van der Waals surface area contributed by atoms with Crippen LogP contribution in [0.2, 0.25) is 0 Å². The lowest BCUT2D eigenvalue weighted by Gasteiger charge is -2.06. The van der Waals surface area contributed by atoms with E-state index in [9.17, 15) is 0 Å². The molecule has 1 aromatic rings. The quantitative estimate of drug-likeness (QED) is 0.439. The van der Waals surface area contributed by atoms with Gasteiger partial charge < -0.3 is 4.90 Å². The largest absolute Gasteiger partial charge is 0.309 e. The van der Waals surface area contributed by atoms with E-state index in [2.05, 4.69) is 29.5 Å². The zero-order valence-corrected chi connectivity index (χ0v) is 9.48. The van der Waals surface area contributed by atoms with Gasteiger partial charge in [-0.15, -0.1) is 0 Å². The maximum atomic E-state index is 4.14. The van der Waals surface area contributed by atoms with Crippen LogP contribution in [0.4, 0.5) is 5.69 Å². The molecule has 3 heteroatoms. The van der Waals surface area contributed by atoms with E-state index < -0.39 is 0 Å². The normalized spacial score (nSPS) is 11.1. The van der Waals surface area contributed by atoms with Crippen LogP contribution in [-0.2, 0) is 0 Å². The Labute approximate surface area is 91.8 Å². The van der Waals surface area contributed by atoms with Crippen molar-refractivity contribution in [3.8, 4) is 0 Å². The molecular weight excluding hydrogens is 186 g/mol. The summed E-state index contributed by atoms with van der Waals surface area (Å²) in [5.74, 6) is 0. The lowest BCUT2D eigenvalue weighted by molar-refractivity contribution is 0.404. The van der Waals surface area contributed by atoms with Gasteiger partial charge in [0.05, 0.1) is 5.69 Å². The molecule has 0 unspecified atom stereocenters. The first-order valence-electron chi connectivity index (χ1n) is 5.26. The maximum Gasteiger partial charge on any atom is 0.0561 e. The third kappa shape index (κ3) is 5.86. The molecular formula is C12H19N3. The molecule has 0 atom stereocenters. The van der Waals surface area contributed by atoms with Crippen LogP contribution in [0.15, 0.2) is 35.4 Å². The Morgan fingerprint density at radius 1 is 1.27 bits per heavy atom. The summed E-state index contributed by atoms with van der Waals surface area (Å²) < 4.78 is 0. The lowest BCUT2D eigenvalue weighted by Crippen LogP contribution is -2.12. The predicted molar refractivity (Wildman–Crippen MR) is 66.3 cm³/mol. The SMILES string of the molecule is CN(C)CCCC=NNc1ccccc1. The van der Waals surface area contributed by atoms with Crippen LogP contribution in [0.25, 0.3) is 0 Å². The number of nitrogens with zero attached hydrogens (tertiary/aromatic N) is 2. The van der Waals surface area contributed by atoms with E-state index in [1.54, 1.807) is 0 Å². The number of unbranched alkanes of at least 4 members (excludes halogenated alkanes) is 1. The van der Waals surface area contributed by atoms with Gasteiger partial charge >= 0.3 is 0 Å². The summed E-state index contributed by atoms with van der Waals surface area (Å²) in [5, 5.41) is 4.14. The number of hydrogen-bond acceptors (Lipinski definition) is 3. The first-order valence-corrected chi connectivity index (χ1v) is 5.26. The second-order valence-corrected chi connectivity index (χ2v) is 3.74. The Bertz CT molecular complexity index is 280. The highest BCUT2D eigenvalue weighted by atomic mass is 15.3. The van der Waals surface area contributed by atoms with Gasteiger partial charge in [0.15, 0.2) is 0 Å². The van der Waals surface area contributed by atoms with Crippen LogP contribution in [0.5, 0.6) is 0 Å². The van der Waals surface area contributed by atoms with Gasteiger partial charge in [0, 0.05) is 6.21 Å². The van der Waals surface area contributed by atoms with E-state index in [1.165, 1.54) is 0 Å². The van der Waals surface area contributed by atoms with Crippen molar-refractivity contribution in [2.24, 2.45) is 5.10 Å². The van der Waals surface area contributed by atoms with Crippen molar-refractivity contribution >= 4 is 11.9 Å². The average Bonchev–Trinajstić information content (AvgIpc) is 2.24. The third-order valence-electron chi connectivity index (χ3n) is 2.00. The van der Waals surface area contributed by atoms with E-state index in [4.69, 9.17) is 0 Å². The fourth-order valence-electron chi connectivity index (χ4n) is 1.20. The zero-order valence-electron chi connectivity index (χ0n) is 9.48. The molecule has 0 aromatic heterocycles.